The Labute approximate surface area is 109 Å². The fourth-order valence-corrected chi connectivity index (χ4v) is 2.05. The van der Waals surface area contributed by atoms with Crippen LogP contribution in [-0.4, -0.2) is 6.29 Å². The summed E-state index contributed by atoms with van der Waals surface area (Å²) in [5, 5.41) is 3.26. The molecule has 0 aliphatic carbocycles. The van der Waals surface area contributed by atoms with Crippen LogP contribution in [0.15, 0.2) is 53.0 Å². The van der Waals surface area contributed by atoms with E-state index in [9.17, 15) is 4.79 Å². The van der Waals surface area contributed by atoms with Crippen molar-refractivity contribution in [2.75, 3.05) is 5.32 Å². The molecule has 2 rings (SSSR count). The Bertz CT molecular complexity index is 525. The molecular weight excluding hydrogens is 278 g/mol. The summed E-state index contributed by atoms with van der Waals surface area (Å²) >= 11 is 3.43. The molecule has 17 heavy (non-hydrogen) atoms. The first kappa shape index (κ1) is 11.9. The number of benzene rings is 2. The maximum absolute atomic E-state index is 10.8. The van der Waals surface area contributed by atoms with Gasteiger partial charge >= 0.3 is 0 Å². The summed E-state index contributed by atoms with van der Waals surface area (Å²) in [7, 11) is 0. The van der Waals surface area contributed by atoms with Gasteiger partial charge in [-0.05, 0) is 29.8 Å². The summed E-state index contributed by atoms with van der Waals surface area (Å²) in [4.78, 5) is 10.8. The lowest BCUT2D eigenvalue weighted by molar-refractivity contribution is 0.112. The SMILES string of the molecule is O=Cc1ccccc1NCc1cccc(Br)c1. The second-order valence-electron chi connectivity index (χ2n) is 3.69. The van der Waals surface area contributed by atoms with E-state index in [1.165, 1.54) is 5.56 Å². The van der Waals surface area contributed by atoms with E-state index in [-0.39, 0.29) is 0 Å². The summed E-state index contributed by atoms with van der Waals surface area (Å²) in [6.45, 7) is 0.699. The zero-order valence-electron chi connectivity index (χ0n) is 9.19. The van der Waals surface area contributed by atoms with E-state index in [0.29, 0.717) is 12.1 Å². The lowest BCUT2D eigenvalue weighted by Crippen LogP contribution is -2.01. The standard InChI is InChI=1S/C14H12BrNO/c15-13-6-3-4-11(8-13)9-16-14-7-2-1-5-12(14)10-17/h1-8,10,16H,9H2. The van der Waals surface area contributed by atoms with Crippen LogP contribution in [0.2, 0.25) is 0 Å². The minimum Gasteiger partial charge on any atom is -0.380 e. The van der Waals surface area contributed by atoms with Gasteiger partial charge in [0.05, 0.1) is 0 Å². The molecule has 0 radical (unpaired) electrons. The predicted molar refractivity (Wildman–Crippen MR) is 73.3 cm³/mol. The van der Waals surface area contributed by atoms with Crippen LogP contribution in [0.3, 0.4) is 0 Å². The number of anilines is 1. The van der Waals surface area contributed by atoms with E-state index in [0.717, 1.165) is 16.4 Å². The van der Waals surface area contributed by atoms with Crippen LogP contribution in [0.25, 0.3) is 0 Å². The molecule has 0 aliphatic rings. The second-order valence-corrected chi connectivity index (χ2v) is 4.60. The number of carbonyl (C=O) groups is 1. The van der Waals surface area contributed by atoms with Gasteiger partial charge in [-0.2, -0.15) is 0 Å². The van der Waals surface area contributed by atoms with Crippen molar-refractivity contribution in [3.8, 4) is 0 Å². The smallest absolute Gasteiger partial charge is 0.152 e. The molecule has 0 amide bonds. The number of carbonyl (C=O) groups excluding carboxylic acids is 1. The topological polar surface area (TPSA) is 29.1 Å². The highest BCUT2D eigenvalue weighted by molar-refractivity contribution is 9.10. The summed E-state index contributed by atoms with van der Waals surface area (Å²) in [6, 6.07) is 15.6. The van der Waals surface area contributed by atoms with E-state index < -0.39 is 0 Å². The molecule has 0 fully saturated rings. The van der Waals surface area contributed by atoms with Crippen LogP contribution in [-0.2, 0) is 6.54 Å². The molecule has 0 saturated heterocycles. The average Bonchev–Trinajstić information content (AvgIpc) is 2.37. The van der Waals surface area contributed by atoms with Crippen molar-refractivity contribution in [3.63, 3.8) is 0 Å². The summed E-state index contributed by atoms with van der Waals surface area (Å²) in [5.74, 6) is 0. The first-order valence-electron chi connectivity index (χ1n) is 5.32. The fourth-order valence-electron chi connectivity index (χ4n) is 1.60. The number of rotatable bonds is 4. The van der Waals surface area contributed by atoms with Crippen molar-refractivity contribution in [2.45, 2.75) is 6.54 Å². The molecule has 2 aromatic carbocycles. The maximum atomic E-state index is 10.8. The van der Waals surface area contributed by atoms with Crippen LogP contribution in [0.5, 0.6) is 0 Å². The molecule has 0 saturated carbocycles. The average molecular weight is 290 g/mol. The van der Waals surface area contributed by atoms with Gasteiger partial charge in [-0.3, -0.25) is 4.79 Å². The van der Waals surface area contributed by atoms with E-state index in [2.05, 4.69) is 27.3 Å². The van der Waals surface area contributed by atoms with Gasteiger partial charge in [0.2, 0.25) is 0 Å². The van der Waals surface area contributed by atoms with Gasteiger partial charge in [0.25, 0.3) is 0 Å². The Hall–Kier alpha value is -1.61. The predicted octanol–water partition coefficient (Wildman–Crippen LogP) is 3.87. The zero-order valence-corrected chi connectivity index (χ0v) is 10.8. The third kappa shape index (κ3) is 3.17. The number of aldehydes is 1. The molecule has 0 bridgehead atoms. The van der Waals surface area contributed by atoms with Crippen LogP contribution in [0.1, 0.15) is 15.9 Å². The second kappa shape index (κ2) is 5.64. The van der Waals surface area contributed by atoms with Crippen molar-refractivity contribution in [3.05, 3.63) is 64.1 Å². The Balaban J connectivity index is 2.09. The lowest BCUT2D eigenvalue weighted by atomic mass is 10.1. The third-order valence-corrected chi connectivity index (χ3v) is 2.95. The first-order chi connectivity index (χ1) is 8.29. The van der Waals surface area contributed by atoms with E-state index in [1.54, 1.807) is 6.07 Å². The van der Waals surface area contributed by atoms with Crippen LogP contribution >= 0.6 is 15.9 Å². The monoisotopic (exact) mass is 289 g/mol. The van der Waals surface area contributed by atoms with Crippen molar-refractivity contribution >= 4 is 27.9 Å². The molecule has 3 heteroatoms. The maximum Gasteiger partial charge on any atom is 0.152 e. The summed E-state index contributed by atoms with van der Waals surface area (Å²) in [5.41, 5.74) is 2.71. The van der Waals surface area contributed by atoms with Gasteiger partial charge in [-0.15, -0.1) is 0 Å². The van der Waals surface area contributed by atoms with Gasteiger partial charge in [0, 0.05) is 22.3 Å². The number of halogens is 1. The van der Waals surface area contributed by atoms with Crippen LogP contribution in [0.4, 0.5) is 5.69 Å². The molecular formula is C14H12BrNO. The molecule has 86 valence electrons. The van der Waals surface area contributed by atoms with Crippen molar-refractivity contribution in [1.82, 2.24) is 0 Å². The Morgan fingerprint density at radius 2 is 1.94 bits per heavy atom. The number of hydrogen-bond donors (Lipinski definition) is 1. The van der Waals surface area contributed by atoms with Gasteiger partial charge in [0.15, 0.2) is 6.29 Å². The molecule has 0 atom stereocenters. The summed E-state index contributed by atoms with van der Waals surface area (Å²) < 4.78 is 1.06. The van der Waals surface area contributed by atoms with Crippen LogP contribution < -0.4 is 5.32 Å². The molecule has 2 nitrogen and oxygen atoms in total. The minimum atomic E-state index is 0.683. The lowest BCUT2D eigenvalue weighted by Gasteiger charge is -2.08. The number of para-hydroxylation sites is 1. The van der Waals surface area contributed by atoms with Crippen molar-refractivity contribution < 1.29 is 4.79 Å². The van der Waals surface area contributed by atoms with Gasteiger partial charge < -0.3 is 5.32 Å². The normalized spacial score (nSPS) is 9.94. The van der Waals surface area contributed by atoms with Gasteiger partial charge in [0.1, 0.15) is 0 Å². The quantitative estimate of drug-likeness (QED) is 0.866. The Morgan fingerprint density at radius 3 is 2.71 bits per heavy atom. The number of nitrogens with one attached hydrogen (secondary N) is 1. The summed E-state index contributed by atoms with van der Waals surface area (Å²) in [6.07, 6.45) is 0.864. The highest BCUT2D eigenvalue weighted by Gasteiger charge is 2.00. The van der Waals surface area contributed by atoms with Gasteiger partial charge in [-0.1, -0.05) is 40.2 Å². The zero-order chi connectivity index (χ0) is 12.1. The van der Waals surface area contributed by atoms with Crippen LogP contribution in [0, 0.1) is 0 Å². The molecule has 0 aromatic heterocycles. The third-order valence-electron chi connectivity index (χ3n) is 2.46. The highest BCUT2D eigenvalue weighted by atomic mass is 79.9. The van der Waals surface area contributed by atoms with E-state index in [1.807, 2.05) is 36.4 Å². The first-order valence-corrected chi connectivity index (χ1v) is 6.11. The molecule has 0 spiro atoms. The van der Waals surface area contributed by atoms with Crippen molar-refractivity contribution in [2.24, 2.45) is 0 Å². The minimum absolute atomic E-state index is 0.683. The molecule has 0 aliphatic heterocycles. The Kier molecular flexibility index (Phi) is 3.94. The van der Waals surface area contributed by atoms with Gasteiger partial charge in [-0.25, -0.2) is 0 Å². The van der Waals surface area contributed by atoms with E-state index in [4.69, 9.17) is 0 Å². The molecule has 0 unspecified atom stereocenters. The Morgan fingerprint density at radius 1 is 1.12 bits per heavy atom. The largest absolute Gasteiger partial charge is 0.380 e. The molecule has 2 aromatic rings. The van der Waals surface area contributed by atoms with Crippen molar-refractivity contribution in [1.29, 1.82) is 0 Å². The number of hydrogen-bond acceptors (Lipinski definition) is 2. The van der Waals surface area contributed by atoms with E-state index >= 15 is 0 Å². The molecule has 0 heterocycles. The highest BCUT2D eigenvalue weighted by Crippen LogP contribution is 2.16. The molecule has 1 N–H and O–H groups in total. The fraction of sp³-hybridized carbons (Fsp3) is 0.0714.